The third kappa shape index (κ3) is 3.97. The first-order chi connectivity index (χ1) is 18.0. The number of aromatic nitrogens is 1. The molecule has 4 fully saturated rings. The fourth-order valence-corrected chi connectivity index (χ4v) is 9.68. The van der Waals surface area contributed by atoms with Crippen molar-refractivity contribution >= 4 is 27.5 Å². The van der Waals surface area contributed by atoms with Crippen molar-refractivity contribution in [2.24, 2.45) is 29.6 Å². The van der Waals surface area contributed by atoms with Gasteiger partial charge in [-0.05, 0) is 97.5 Å². The van der Waals surface area contributed by atoms with E-state index in [-0.39, 0.29) is 17.4 Å². The van der Waals surface area contributed by atoms with Crippen molar-refractivity contribution in [3.8, 4) is 5.69 Å². The van der Waals surface area contributed by atoms with E-state index >= 15 is 0 Å². The van der Waals surface area contributed by atoms with Crippen LogP contribution >= 0.6 is 0 Å². The molecule has 1 N–H and O–H groups in total. The number of likely N-dealkylation sites (tertiary alicyclic amines) is 1. The predicted octanol–water partition coefficient (Wildman–Crippen LogP) is 4.08. The highest BCUT2D eigenvalue weighted by atomic mass is 28.1. The lowest BCUT2D eigenvalue weighted by atomic mass is 9.76. The van der Waals surface area contributed by atoms with Crippen LogP contribution in [0.15, 0.2) is 42.6 Å². The number of carbonyl (C=O) groups is 2. The Balaban J connectivity index is 0.942. The molecule has 37 heavy (non-hydrogen) atoms. The summed E-state index contributed by atoms with van der Waals surface area (Å²) in [5, 5.41) is 3.93. The van der Waals surface area contributed by atoms with Crippen LogP contribution in [0, 0.1) is 36.0 Å². The summed E-state index contributed by atoms with van der Waals surface area (Å²) in [6.07, 6.45) is 13.5. The number of Topliss-reactive ketones (excluding diaryl/α,β-unsaturated/α-hetero) is 2. The van der Waals surface area contributed by atoms with Crippen LogP contribution in [-0.4, -0.2) is 50.0 Å². The van der Waals surface area contributed by atoms with E-state index in [9.17, 15) is 9.59 Å². The fraction of sp³-hybridized carbons (Fsp3) is 0.581. The van der Waals surface area contributed by atoms with E-state index in [1.807, 2.05) is 0 Å². The Kier molecular flexibility index (Phi) is 5.96. The number of carbonyl (C=O) groups excluding carboxylic acids is 2. The lowest BCUT2D eigenvalue weighted by molar-refractivity contribution is -0.128. The minimum atomic E-state index is -0.0356. The van der Waals surface area contributed by atoms with Gasteiger partial charge in [-0.25, -0.2) is 0 Å². The molecule has 1 spiro atoms. The first-order valence-corrected chi connectivity index (χ1v) is 15.9. The standard InChI is InChI=1S/C31H40N3O2Si/c35-26-19-23-20-10-11-22(17-20)30(23)27(36)18-21(26)5-3-9-29(37)33-15-12-31(13-16-33)28-8-4-14-34(28)25-7-2-1-6-24(25)32-31/h1-2,4,6-9,14,20-23,29-30,32H,3,5,10-13,15-19H2,37H3/q-1. The molecule has 3 heterocycles. The zero-order chi connectivity index (χ0) is 25.1. The summed E-state index contributed by atoms with van der Waals surface area (Å²) in [5.74, 6) is 2.60. The van der Waals surface area contributed by atoms with Gasteiger partial charge in [-0.1, -0.05) is 18.6 Å². The first-order valence-electron chi connectivity index (χ1n) is 14.7. The molecule has 6 atom stereocenters. The monoisotopic (exact) mass is 514 g/mol. The molecule has 5 aliphatic rings. The second-order valence-corrected chi connectivity index (χ2v) is 13.8. The second kappa shape index (κ2) is 9.23. The van der Waals surface area contributed by atoms with Gasteiger partial charge in [0.1, 0.15) is 11.6 Å². The molecule has 0 amide bonds. The van der Waals surface area contributed by atoms with Gasteiger partial charge < -0.3 is 21.2 Å². The van der Waals surface area contributed by atoms with Crippen molar-refractivity contribution in [3.05, 3.63) is 54.7 Å². The summed E-state index contributed by atoms with van der Waals surface area (Å²) in [7, 11) is 1.09. The largest absolute Gasteiger partial charge is 0.372 e. The maximum atomic E-state index is 13.1. The molecule has 1 aromatic carbocycles. The summed E-state index contributed by atoms with van der Waals surface area (Å²) in [6.45, 7) is 2.16. The van der Waals surface area contributed by atoms with Gasteiger partial charge in [-0.15, -0.1) is 5.67 Å². The number of nitrogens with one attached hydrogen (secondary N) is 1. The summed E-state index contributed by atoms with van der Waals surface area (Å²) in [4.78, 5) is 28.9. The van der Waals surface area contributed by atoms with E-state index in [0.29, 0.717) is 47.8 Å². The molecule has 7 rings (SSSR count). The second-order valence-electron chi connectivity index (χ2n) is 12.6. The number of nitrogens with zero attached hydrogens (tertiary/aromatic N) is 2. The fourth-order valence-electron chi connectivity index (χ4n) is 8.83. The van der Waals surface area contributed by atoms with E-state index in [2.05, 4.69) is 63.8 Å². The zero-order valence-corrected chi connectivity index (χ0v) is 24.1. The number of hydrogen-bond donors (Lipinski definition) is 1. The zero-order valence-electron chi connectivity index (χ0n) is 22.1. The quantitative estimate of drug-likeness (QED) is 0.483. The van der Waals surface area contributed by atoms with Crippen LogP contribution in [0.3, 0.4) is 0 Å². The minimum absolute atomic E-state index is 0.000237. The van der Waals surface area contributed by atoms with Gasteiger partial charge in [0.05, 0.1) is 16.9 Å². The number of para-hydroxylation sites is 2. The molecule has 1 aromatic heterocycles. The normalized spacial score (nSPS) is 33.0. The van der Waals surface area contributed by atoms with Gasteiger partial charge >= 0.3 is 0 Å². The number of piperidine rings is 1. The molecule has 1 saturated heterocycles. The Bertz CT molecular complexity index is 1200. The Morgan fingerprint density at radius 1 is 1.03 bits per heavy atom. The summed E-state index contributed by atoms with van der Waals surface area (Å²) in [6, 6.07) is 13.1. The lowest BCUT2D eigenvalue weighted by Gasteiger charge is -2.49. The molecule has 2 bridgehead atoms. The number of ketones is 2. The van der Waals surface area contributed by atoms with Gasteiger partial charge in [0, 0.05) is 36.6 Å². The van der Waals surface area contributed by atoms with Crippen LogP contribution in [0.1, 0.15) is 63.5 Å². The van der Waals surface area contributed by atoms with Crippen LogP contribution in [0.4, 0.5) is 5.69 Å². The van der Waals surface area contributed by atoms with Crippen LogP contribution in [0.5, 0.6) is 0 Å². The Morgan fingerprint density at radius 2 is 1.84 bits per heavy atom. The van der Waals surface area contributed by atoms with Crippen molar-refractivity contribution in [1.29, 1.82) is 0 Å². The molecular weight excluding hydrogens is 474 g/mol. The van der Waals surface area contributed by atoms with E-state index in [0.717, 1.165) is 49.0 Å². The Morgan fingerprint density at radius 3 is 2.70 bits per heavy atom. The SMILES string of the molecule is O=C1CC2C3CCC(C3)C2C(=O)CC1CC[CH-]C([SiH3])N1CCC2(CC1)Nc1ccccc1-n1cccc12. The molecule has 2 aliphatic heterocycles. The van der Waals surface area contributed by atoms with Crippen LogP contribution < -0.4 is 5.32 Å². The van der Waals surface area contributed by atoms with E-state index in [4.69, 9.17) is 0 Å². The van der Waals surface area contributed by atoms with Gasteiger partial charge in [-0.2, -0.15) is 6.42 Å². The topological polar surface area (TPSA) is 54.3 Å². The maximum Gasteiger partial charge on any atom is 0.137 e. The van der Waals surface area contributed by atoms with Gasteiger partial charge in [0.15, 0.2) is 0 Å². The van der Waals surface area contributed by atoms with E-state index < -0.39 is 0 Å². The van der Waals surface area contributed by atoms with Crippen LogP contribution in [0.25, 0.3) is 5.69 Å². The Labute approximate surface area is 223 Å². The highest BCUT2D eigenvalue weighted by Gasteiger charge is 2.52. The molecule has 6 unspecified atom stereocenters. The smallest absolute Gasteiger partial charge is 0.137 e. The van der Waals surface area contributed by atoms with Crippen molar-refractivity contribution in [2.45, 2.75) is 69.0 Å². The molecule has 6 heteroatoms. The van der Waals surface area contributed by atoms with Crippen LogP contribution in [-0.2, 0) is 15.1 Å². The van der Waals surface area contributed by atoms with Gasteiger partial charge in [0.25, 0.3) is 0 Å². The molecule has 3 saturated carbocycles. The molecule has 2 aromatic rings. The van der Waals surface area contributed by atoms with Crippen molar-refractivity contribution in [2.75, 3.05) is 18.4 Å². The van der Waals surface area contributed by atoms with Gasteiger partial charge in [0.2, 0.25) is 0 Å². The third-order valence-electron chi connectivity index (χ3n) is 10.8. The lowest BCUT2D eigenvalue weighted by Crippen LogP contribution is -2.52. The summed E-state index contributed by atoms with van der Waals surface area (Å²) in [5.41, 5.74) is 4.38. The van der Waals surface area contributed by atoms with E-state index in [1.54, 1.807) is 0 Å². The number of anilines is 1. The maximum absolute atomic E-state index is 13.1. The number of hydrogen-bond acceptors (Lipinski definition) is 4. The number of rotatable bonds is 5. The Hall–Kier alpha value is -2.18. The minimum Gasteiger partial charge on any atom is -0.372 e. The summed E-state index contributed by atoms with van der Waals surface area (Å²) >= 11 is 0. The summed E-state index contributed by atoms with van der Waals surface area (Å²) < 4.78 is 2.37. The average molecular weight is 515 g/mol. The van der Waals surface area contributed by atoms with E-state index in [1.165, 1.54) is 36.3 Å². The van der Waals surface area contributed by atoms with Crippen molar-refractivity contribution in [3.63, 3.8) is 0 Å². The average Bonchev–Trinajstić information content (AvgIpc) is 3.64. The molecule has 196 valence electrons. The molecule has 3 aliphatic carbocycles. The molecule has 5 nitrogen and oxygen atoms in total. The highest BCUT2D eigenvalue weighted by molar-refractivity contribution is 6.12. The molecule has 0 radical (unpaired) electrons. The first kappa shape index (κ1) is 23.9. The number of fused-ring (bicyclic) bond motifs is 9. The van der Waals surface area contributed by atoms with Crippen molar-refractivity contribution < 1.29 is 9.59 Å². The third-order valence-corrected chi connectivity index (χ3v) is 12.0. The van der Waals surface area contributed by atoms with Gasteiger partial charge in [-0.3, -0.25) is 9.59 Å². The van der Waals surface area contributed by atoms with Crippen LogP contribution in [0.2, 0.25) is 0 Å². The predicted molar refractivity (Wildman–Crippen MR) is 150 cm³/mol. The molecular formula is C31H40N3O2Si-. The van der Waals surface area contributed by atoms with Crippen molar-refractivity contribution in [1.82, 2.24) is 9.47 Å². The number of benzene rings is 1. The highest BCUT2D eigenvalue weighted by Crippen LogP contribution is 2.55.